The maximum atomic E-state index is 13.7. The van der Waals surface area contributed by atoms with Crippen molar-refractivity contribution in [1.82, 2.24) is 0 Å². The van der Waals surface area contributed by atoms with Crippen LogP contribution in [0.4, 0.5) is 4.39 Å². The highest BCUT2D eigenvalue weighted by Gasteiger charge is 2.22. The van der Waals surface area contributed by atoms with Gasteiger partial charge in [-0.05, 0) is 43.0 Å². The Balaban J connectivity index is 2.10. The number of hydrogen-bond acceptors (Lipinski definition) is 1. The van der Waals surface area contributed by atoms with Crippen LogP contribution in [-0.4, -0.2) is 0 Å². The number of aromatic nitrogens is 1. The molecule has 2 aromatic carbocycles. The number of fused-ring (bicyclic) bond motifs is 3. The minimum atomic E-state index is -0.280. The molecule has 0 aliphatic rings. The van der Waals surface area contributed by atoms with Crippen molar-refractivity contribution in [2.75, 3.05) is 0 Å². The summed E-state index contributed by atoms with van der Waals surface area (Å²) in [6.07, 6.45) is 2.17. The van der Waals surface area contributed by atoms with E-state index in [9.17, 15) is 4.39 Å². The fourth-order valence-corrected chi connectivity index (χ4v) is 3.90. The van der Waals surface area contributed by atoms with Crippen LogP contribution in [0.1, 0.15) is 36.5 Å². The van der Waals surface area contributed by atoms with Crippen LogP contribution in [0.15, 0.2) is 47.0 Å². The molecular formula is C23H23FNO+. The van der Waals surface area contributed by atoms with Crippen LogP contribution in [0.25, 0.3) is 33.2 Å². The Kier molecular flexibility index (Phi) is 3.83. The van der Waals surface area contributed by atoms with Gasteiger partial charge in [-0.2, -0.15) is 0 Å². The molecule has 132 valence electrons. The average molecular weight is 348 g/mol. The van der Waals surface area contributed by atoms with Gasteiger partial charge in [-0.1, -0.05) is 26.0 Å². The first kappa shape index (κ1) is 16.8. The third-order valence-electron chi connectivity index (χ3n) is 5.20. The minimum Gasteiger partial charge on any atom is -0.455 e. The summed E-state index contributed by atoms with van der Waals surface area (Å²) in [6, 6.07) is 11.2. The highest BCUT2D eigenvalue weighted by Crippen LogP contribution is 2.37. The predicted molar refractivity (Wildman–Crippen MR) is 104 cm³/mol. The van der Waals surface area contributed by atoms with E-state index in [1.165, 1.54) is 23.3 Å². The van der Waals surface area contributed by atoms with Crippen molar-refractivity contribution in [1.29, 1.82) is 0 Å². The zero-order valence-electron chi connectivity index (χ0n) is 15.9. The first-order valence-corrected chi connectivity index (χ1v) is 8.98. The Hall–Kier alpha value is -2.68. The first-order valence-electron chi connectivity index (χ1n) is 8.98. The molecule has 0 spiro atoms. The summed E-state index contributed by atoms with van der Waals surface area (Å²) in [4.78, 5) is 0. The molecule has 4 rings (SSSR count). The second kappa shape index (κ2) is 5.94. The third kappa shape index (κ3) is 2.50. The highest BCUT2D eigenvalue weighted by atomic mass is 19.1. The summed E-state index contributed by atoms with van der Waals surface area (Å²) in [5, 5.41) is 1.97. The molecule has 0 amide bonds. The lowest BCUT2D eigenvalue weighted by Crippen LogP contribution is -2.32. The van der Waals surface area contributed by atoms with Crippen LogP contribution in [0.3, 0.4) is 0 Å². The molecular weight excluding hydrogens is 325 g/mol. The van der Waals surface area contributed by atoms with Crippen molar-refractivity contribution < 1.29 is 13.4 Å². The third-order valence-corrected chi connectivity index (χ3v) is 5.20. The monoisotopic (exact) mass is 348 g/mol. The Labute approximate surface area is 152 Å². The van der Waals surface area contributed by atoms with Crippen molar-refractivity contribution in [3.63, 3.8) is 0 Å². The molecule has 0 aliphatic heterocycles. The normalized spacial score (nSPS) is 11.8. The van der Waals surface area contributed by atoms with Gasteiger partial charge in [0, 0.05) is 28.5 Å². The van der Waals surface area contributed by atoms with Crippen LogP contribution in [0.2, 0.25) is 0 Å². The summed E-state index contributed by atoms with van der Waals surface area (Å²) < 4.78 is 21.9. The second-order valence-corrected chi connectivity index (χ2v) is 7.44. The molecule has 0 radical (unpaired) electrons. The summed E-state index contributed by atoms with van der Waals surface area (Å²) in [6.45, 7) is 8.67. The zero-order chi connectivity index (χ0) is 18.6. The van der Waals surface area contributed by atoms with Gasteiger partial charge in [0.1, 0.15) is 24.0 Å². The van der Waals surface area contributed by atoms with Gasteiger partial charge in [-0.3, -0.25) is 0 Å². The first-order chi connectivity index (χ1) is 12.4. The molecule has 0 fully saturated rings. The van der Waals surface area contributed by atoms with Crippen molar-refractivity contribution in [2.24, 2.45) is 7.05 Å². The minimum absolute atomic E-state index is 0.280. The number of benzene rings is 2. The van der Waals surface area contributed by atoms with Crippen molar-refractivity contribution in [2.45, 2.75) is 33.6 Å². The molecule has 0 bridgehead atoms. The van der Waals surface area contributed by atoms with E-state index in [2.05, 4.69) is 63.7 Å². The van der Waals surface area contributed by atoms with E-state index in [1.807, 2.05) is 0 Å². The maximum Gasteiger partial charge on any atom is 0.216 e. The number of nitrogens with zero attached hydrogens (tertiary/aromatic N) is 1. The lowest BCUT2D eigenvalue weighted by atomic mass is 9.94. The van der Waals surface area contributed by atoms with Crippen molar-refractivity contribution in [3.8, 4) is 11.3 Å². The number of pyridine rings is 1. The van der Waals surface area contributed by atoms with E-state index in [1.54, 1.807) is 6.07 Å². The fraction of sp³-hybridized carbons (Fsp3) is 0.261. The lowest BCUT2D eigenvalue weighted by molar-refractivity contribution is -0.660. The average Bonchev–Trinajstić information content (AvgIpc) is 2.92. The highest BCUT2D eigenvalue weighted by molar-refractivity contribution is 6.09. The summed E-state index contributed by atoms with van der Waals surface area (Å²) >= 11 is 0. The van der Waals surface area contributed by atoms with E-state index in [4.69, 9.17) is 4.42 Å². The summed E-state index contributed by atoms with van der Waals surface area (Å²) in [7, 11) is 2.06. The number of aryl methyl sites for hydroxylation is 3. The topological polar surface area (TPSA) is 17.0 Å². The van der Waals surface area contributed by atoms with Gasteiger partial charge in [0.05, 0.1) is 5.56 Å². The molecule has 2 aromatic heterocycles. The van der Waals surface area contributed by atoms with E-state index in [-0.39, 0.29) is 5.82 Å². The Morgan fingerprint density at radius 2 is 1.69 bits per heavy atom. The van der Waals surface area contributed by atoms with Gasteiger partial charge in [0.25, 0.3) is 0 Å². The number of halogens is 1. The van der Waals surface area contributed by atoms with Crippen molar-refractivity contribution in [3.05, 3.63) is 65.1 Å². The number of rotatable bonds is 2. The quantitative estimate of drug-likeness (QED) is 0.409. The molecule has 2 nitrogen and oxygen atoms in total. The van der Waals surface area contributed by atoms with E-state index in [0.717, 1.165) is 33.2 Å². The molecule has 0 atom stereocenters. The molecule has 26 heavy (non-hydrogen) atoms. The van der Waals surface area contributed by atoms with Gasteiger partial charge in [-0.25, -0.2) is 8.96 Å². The standard InChI is InChI=1S/C23H23FNO/c1-13(2)19-11-20(25(5)12-15(19)4)22-14(3)6-8-18-17-9-7-16(24)10-21(17)26-23(18)22/h6-13H,1-5H3/q+1. The zero-order valence-corrected chi connectivity index (χ0v) is 15.9. The van der Waals surface area contributed by atoms with Crippen LogP contribution in [0.5, 0.6) is 0 Å². The molecule has 0 unspecified atom stereocenters. The summed E-state index contributed by atoms with van der Waals surface area (Å²) in [5.74, 6) is 0.164. The van der Waals surface area contributed by atoms with Gasteiger partial charge in [-0.15, -0.1) is 0 Å². The van der Waals surface area contributed by atoms with E-state index >= 15 is 0 Å². The van der Waals surface area contributed by atoms with Crippen LogP contribution >= 0.6 is 0 Å². The van der Waals surface area contributed by atoms with Gasteiger partial charge < -0.3 is 4.42 Å². The molecule has 0 N–H and O–H groups in total. The Bertz CT molecular complexity index is 1150. The fourth-order valence-electron chi connectivity index (χ4n) is 3.90. The second-order valence-electron chi connectivity index (χ2n) is 7.44. The van der Waals surface area contributed by atoms with Gasteiger partial charge in [0.2, 0.25) is 5.69 Å². The summed E-state index contributed by atoms with van der Waals surface area (Å²) in [5.41, 5.74) is 7.35. The largest absolute Gasteiger partial charge is 0.455 e. The smallest absolute Gasteiger partial charge is 0.216 e. The molecule has 0 saturated carbocycles. The van der Waals surface area contributed by atoms with Crippen LogP contribution < -0.4 is 4.57 Å². The number of hydrogen-bond donors (Lipinski definition) is 0. The molecule has 0 saturated heterocycles. The van der Waals surface area contributed by atoms with Gasteiger partial charge in [0.15, 0.2) is 6.20 Å². The van der Waals surface area contributed by atoms with Crippen LogP contribution in [-0.2, 0) is 7.05 Å². The predicted octanol–water partition coefficient (Wildman–Crippen LogP) is 5.96. The molecule has 3 heteroatoms. The maximum absolute atomic E-state index is 13.7. The van der Waals surface area contributed by atoms with E-state index < -0.39 is 0 Å². The lowest BCUT2D eigenvalue weighted by Gasteiger charge is -2.12. The molecule has 2 heterocycles. The molecule has 0 aliphatic carbocycles. The molecule has 4 aromatic rings. The van der Waals surface area contributed by atoms with Crippen LogP contribution in [0, 0.1) is 19.7 Å². The Morgan fingerprint density at radius 3 is 2.42 bits per heavy atom. The SMILES string of the molecule is Cc1c[n+](C)c(-c2c(C)ccc3c2oc2cc(F)ccc23)cc1C(C)C. The Morgan fingerprint density at radius 1 is 0.962 bits per heavy atom. The van der Waals surface area contributed by atoms with Gasteiger partial charge >= 0.3 is 0 Å². The van der Waals surface area contributed by atoms with E-state index in [0.29, 0.717) is 11.5 Å². The number of furan rings is 1. The van der Waals surface area contributed by atoms with Crippen molar-refractivity contribution >= 4 is 21.9 Å².